The lowest BCUT2D eigenvalue weighted by molar-refractivity contribution is -0.385. The predicted molar refractivity (Wildman–Crippen MR) is 74.4 cm³/mol. The number of carbonyl (C=O) groups excluding carboxylic acids is 1. The smallest absolute Gasteiger partial charge is 0.309 e. The molecule has 0 fully saturated rings. The summed E-state index contributed by atoms with van der Waals surface area (Å²) < 4.78 is 1.48. The molecule has 1 N–H and O–H groups in total. The molecule has 112 valence electrons. The largest absolute Gasteiger partial charge is 0.356 e. The quantitative estimate of drug-likeness (QED) is 0.427. The maximum absolute atomic E-state index is 11.6. The molecule has 0 aliphatic rings. The molecule has 1 aromatic rings. The molecule has 8 nitrogen and oxygen atoms in total. The summed E-state index contributed by atoms with van der Waals surface area (Å²) in [6, 6.07) is 0. The van der Waals surface area contributed by atoms with Gasteiger partial charge in [0.15, 0.2) is 0 Å². The molecule has 1 rings (SSSR count). The lowest BCUT2D eigenvalue weighted by Crippen LogP contribution is -2.28. The molecule has 0 aromatic carbocycles. The molecule has 20 heavy (non-hydrogen) atoms. The summed E-state index contributed by atoms with van der Waals surface area (Å²) in [4.78, 5) is 23.9. The highest BCUT2D eigenvalue weighted by Crippen LogP contribution is 2.16. The molecule has 1 heterocycles. The van der Waals surface area contributed by atoms with Crippen LogP contribution in [0.3, 0.4) is 0 Å². The van der Waals surface area contributed by atoms with Crippen LogP contribution in [-0.4, -0.2) is 52.7 Å². The monoisotopic (exact) mass is 283 g/mol. The minimum Gasteiger partial charge on any atom is -0.356 e. The van der Waals surface area contributed by atoms with Crippen molar-refractivity contribution < 1.29 is 9.72 Å². The van der Waals surface area contributed by atoms with E-state index in [0.29, 0.717) is 18.8 Å². The maximum Gasteiger partial charge on any atom is 0.309 e. The van der Waals surface area contributed by atoms with Crippen molar-refractivity contribution in [2.24, 2.45) is 0 Å². The Labute approximate surface area is 117 Å². The number of rotatable bonds is 8. The van der Waals surface area contributed by atoms with E-state index in [1.165, 1.54) is 10.9 Å². The highest BCUT2D eigenvalue weighted by molar-refractivity contribution is 5.75. The molecule has 0 spiro atoms. The van der Waals surface area contributed by atoms with Crippen molar-refractivity contribution in [3.05, 3.63) is 22.0 Å². The van der Waals surface area contributed by atoms with E-state index < -0.39 is 4.92 Å². The van der Waals surface area contributed by atoms with Crippen molar-refractivity contribution in [2.75, 3.05) is 27.2 Å². The second-order valence-corrected chi connectivity index (χ2v) is 4.85. The molecule has 0 radical (unpaired) electrons. The van der Waals surface area contributed by atoms with Gasteiger partial charge in [0.25, 0.3) is 0 Å². The zero-order chi connectivity index (χ0) is 15.1. The van der Waals surface area contributed by atoms with Crippen LogP contribution in [0.4, 0.5) is 5.69 Å². The zero-order valence-corrected chi connectivity index (χ0v) is 12.1. The van der Waals surface area contributed by atoms with Gasteiger partial charge in [-0.15, -0.1) is 0 Å². The van der Waals surface area contributed by atoms with Crippen LogP contribution < -0.4 is 5.32 Å². The van der Waals surface area contributed by atoms with Gasteiger partial charge in [-0.3, -0.25) is 19.6 Å². The molecule has 1 aromatic heterocycles. The topological polar surface area (TPSA) is 93.3 Å². The number of carbonyl (C=O) groups is 1. The molecular weight excluding hydrogens is 262 g/mol. The fourth-order valence-corrected chi connectivity index (χ4v) is 1.76. The molecule has 0 saturated heterocycles. The number of amides is 1. The SMILES string of the molecule is Cc1c([N+](=O)[O-])cnn1CCC(=O)NCCCN(C)C. The van der Waals surface area contributed by atoms with Crippen LogP contribution in [0.25, 0.3) is 0 Å². The fourth-order valence-electron chi connectivity index (χ4n) is 1.76. The lowest BCUT2D eigenvalue weighted by atomic mass is 10.3. The van der Waals surface area contributed by atoms with Crippen molar-refractivity contribution >= 4 is 11.6 Å². The van der Waals surface area contributed by atoms with Crippen molar-refractivity contribution in [3.63, 3.8) is 0 Å². The molecule has 0 saturated carbocycles. The van der Waals surface area contributed by atoms with Gasteiger partial charge in [-0.1, -0.05) is 0 Å². The number of hydrogen-bond acceptors (Lipinski definition) is 5. The van der Waals surface area contributed by atoms with Gasteiger partial charge in [-0.05, 0) is 34.0 Å². The van der Waals surface area contributed by atoms with E-state index in [1.54, 1.807) is 6.92 Å². The van der Waals surface area contributed by atoms with Crippen LogP contribution in [0.5, 0.6) is 0 Å². The van der Waals surface area contributed by atoms with E-state index in [9.17, 15) is 14.9 Å². The van der Waals surface area contributed by atoms with Crippen molar-refractivity contribution in [3.8, 4) is 0 Å². The van der Waals surface area contributed by atoms with Gasteiger partial charge in [0.2, 0.25) is 5.91 Å². The van der Waals surface area contributed by atoms with Crippen molar-refractivity contribution in [1.29, 1.82) is 0 Å². The normalized spacial score (nSPS) is 10.8. The number of aromatic nitrogens is 2. The van der Waals surface area contributed by atoms with E-state index in [4.69, 9.17) is 0 Å². The zero-order valence-electron chi connectivity index (χ0n) is 12.1. The summed E-state index contributed by atoms with van der Waals surface area (Å²) in [5, 5.41) is 17.4. The number of nitrogens with one attached hydrogen (secondary N) is 1. The van der Waals surface area contributed by atoms with Gasteiger partial charge in [-0.25, -0.2) is 0 Å². The minimum atomic E-state index is -0.472. The van der Waals surface area contributed by atoms with Crippen LogP contribution in [-0.2, 0) is 11.3 Å². The first kappa shape index (κ1) is 16.1. The molecule has 8 heteroatoms. The summed E-state index contributed by atoms with van der Waals surface area (Å²) in [6.45, 7) is 3.53. The van der Waals surface area contributed by atoms with Gasteiger partial charge in [0.05, 0.1) is 11.5 Å². The first-order chi connectivity index (χ1) is 9.41. The number of aryl methyl sites for hydroxylation is 1. The molecule has 1 amide bonds. The Hall–Kier alpha value is -1.96. The van der Waals surface area contributed by atoms with Crippen LogP contribution in [0.1, 0.15) is 18.5 Å². The van der Waals surface area contributed by atoms with E-state index in [0.717, 1.165) is 13.0 Å². The van der Waals surface area contributed by atoms with Crippen LogP contribution in [0, 0.1) is 17.0 Å². The summed E-state index contributed by atoms with van der Waals surface area (Å²) in [5.41, 5.74) is 0.451. The summed E-state index contributed by atoms with van der Waals surface area (Å²) in [7, 11) is 3.96. The van der Waals surface area contributed by atoms with Gasteiger partial charge in [-0.2, -0.15) is 5.10 Å². The first-order valence-corrected chi connectivity index (χ1v) is 6.50. The third-order valence-electron chi connectivity index (χ3n) is 2.93. The number of hydrogen-bond donors (Lipinski definition) is 1. The fraction of sp³-hybridized carbons (Fsp3) is 0.667. The average Bonchev–Trinajstić information content (AvgIpc) is 2.73. The Bertz CT molecular complexity index is 470. The number of nitro groups is 1. The highest BCUT2D eigenvalue weighted by atomic mass is 16.6. The van der Waals surface area contributed by atoms with Gasteiger partial charge >= 0.3 is 5.69 Å². The van der Waals surface area contributed by atoms with Crippen molar-refractivity contribution in [1.82, 2.24) is 20.0 Å². The highest BCUT2D eigenvalue weighted by Gasteiger charge is 2.16. The van der Waals surface area contributed by atoms with Gasteiger partial charge < -0.3 is 10.2 Å². The van der Waals surface area contributed by atoms with E-state index >= 15 is 0 Å². The molecular formula is C12H21N5O3. The Balaban J connectivity index is 2.32. The van der Waals surface area contributed by atoms with Crippen LogP contribution in [0.2, 0.25) is 0 Å². The summed E-state index contributed by atoms with van der Waals surface area (Å²) in [6.07, 6.45) is 2.37. The Morgan fingerprint density at radius 1 is 1.55 bits per heavy atom. The second kappa shape index (κ2) is 7.59. The molecule has 0 unspecified atom stereocenters. The number of nitrogens with zero attached hydrogens (tertiary/aromatic N) is 4. The second-order valence-electron chi connectivity index (χ2n) is 4.85. The first-order valence-electron chi connectivity index (χ1n) is 6.50. The standard InChI is InChI=1S/C12H21N5O3/c1-10-11(17(19)20)9-14-16(10)8-5-12(18)13-6-4-7-15(2)3/h9H,4-8H2,1-3H3,(H,13,18). The Morgan fingerprint density at radius 3 is 2.80 bits per heavy atom. The third-order valence-corrected chi connectivity index (χ3v) is 2.93. The van der Waals surface area contributed by atoms with Crippen LogP contribution in [0.15, 0.2) is 6.20 Å². The van der Waals surface area contributed by atoms with Gasteiger partial charge in [0, 0.05) is 13.0 Å². The predicted octanol–water partition coefficient (Wildman–Crippen LogP) is 0.558. The minimum absolute atomic E-state index is 0.0172. The Kier molecular flexibility index (Phi) is 6.10. The van der Waals surface area contributed by atoms with Crippen LogP contribution >= 0.6 is 0 Å². The molecule has 0 aliphatic heterocycles. The van der Waals surface area contributed by atoms with E-state index in [1.807, 2.05) is 14.1 Å². The molecule has 0 aliphatic carbocycles. The van der Waals surface area contributed by atoms with Gasteiger partial charge in [0.1, 0.15) is 11.9 Å². The van der Waals surface area contributed by atoms with Crippen molar-refractivity contribution in [2.45, 2.75) is 26.3 Å². The average molecular weight is 283 g/mol. The molecule has 0 bridgehead atoms. The third kappa shape index (κ3) is 4.96. The summed E-state index contributed by atoms with van der Waals surface area (Å²) >= 11 is 0. The lowest BCUT2D eigenvalue weighted by Gasteiger charge is -2.10. The Morgan fingerprint density at radius 2 is 2.25 bits per heavy atom. The maximum atomic E-state index is 11.6. The van der Waals surface area contributed by atoms with E-state index in [2.05, 4.69) is 15.3 Å². The molecule has 0 atom stereocenters. The summed E-state index contributed by atoms with van der Waals surface area (Å²) in [5.74, 6) is -0.0682. The van der Waals surface area contributed by atoms with E-state index in [-0.39, 0.29) is 18.0 Å².